The van der Waals surface area contributed by atoms with E-state index in [0.29, 0.717) is 44.2 Å². The summed E-state index contributed by atoms with van der Waals surface area (Å²) in [7, 11) is 3.80. The molecule has 0 aliphatic rings. The molecule has 4 heterocycles. The first-order chi connectivity index (χ1) is 20.5. The Morgan fingerprint density at radius 3 is 1.60 bits per heavy atom. The van der Waals surface area contributed by atoms with Gasteiger partial charge in [-0.3, -0.25) is 0 Å². The molecule has 4 aromatic heterocycles. The van der Waals surface area contributed by atoms with Gasteiger partial charge in [-0.25, -0.2) is 15.0 Å². The fourth-order valence-electron chi connectivity index (χ4n) is 4.00. The average molecular weight is 720 g/mol. The van der Waals surface area contributed by atoms with Gasteiger partial charge in [-0.2, -0.15) is 4.98 Å². The van der Waals surface area contributed by atoms with Crippen LogP contribution in [0.2, 0.25) is 35.8 Å². The summed E-state index contributed by atoms with van der Waals surface area (Å²) in [5.41, 5.74) is 10.2. The van der Waals surface area contributed by atoms with Gasteiger partial charge in [-0.1, -0.05) is 70.1 Å². The fraction of sp³-hybridized carbons (Fsp3) is 0.143. The van der Waals surface area contributed by atoms with Crippen LogP contribution in [0.25, 0.3) is 22.1 Å². The number of nitrogens with zero attached hydrogens (tertiary/aromatic N) is 6. The van der Waals surface area contributed by atoms with Gasteiger partial charge in [0.1, 0.15) is 11.0 Å². The first-order valence-corrected chi connectivity index (χ1v) is 15.1. The topological polar surface area (TPSA) is 99.5 Å². The third kappa shape index (κ3) is 8.15. The van der Waals surface area contributed by atoms with Gasteiger partial charge >= 0.3 is 0 Å². The van der Waals surface area contributed by atoms with Crippen LogP contribution in [-0.4, -0.2) is 29.1 Å². The lowest BCUT2D eigenvalue weighted by atomic mass is 10.2. The molecule has 0 aliphatic heterocycles. The molecule has 224 valence electrons. The molecule has 0 saturated heterocycles. The second-order valence-electron chi connectivity index (χ2n) is 8.90. The van der Waals surface area contributed by atoms with Gasteiger partial charge < -0.3 is 20.2 Å². The van der Waals surface area contributed by atoms with Gasteiger partial charge in [0.25, 0.3) is 0 Å². The molecule has 0 atom stereocenters. The standard InChI is InChI=1S/C14H11Cl3N4.C7H5Cl2N3.C7H7Cl2N/c1-21-6-5-11-12(21)13(20-14(17)19-11)18-7-8-9(15)3-2-4-10(8)16;1-12-3-2-4-5(12)6(8)11-7(9)10-4;8-6-2-1-3-7(9)5(6)4-10/h2-6H,7H2,1H3,(H,18,19,20);2-3H,1H3;1-3H,4,10H2. The molecule has 8 nitrogen and oxygen atoms in total. The molecule has 15 heteroatoms. The van der Waals surface area contributed by atoms with Crippen molar-refractivity contribution in [2.24, 2.45) is 19.8 Å². The van der Waals surface area contributed by atoms with E-state index in [1.54, 1.807) is 30.3 Å². The molecule has 6 rings (SSSR count). The highest BCUT2D eigenvalue weighted by atomic mass is 35.5. The van der Waals surface area contributed by atoms with Crippen molar-refractivity contribution >= 4 is 109 Å². The third-order valence-electron chi connectivity index (χ3n) is 6.10. The van der Waals surface area contributed by atoms with Crippen molar-refractivity contribution in [3.63, 3.8) is 0 Å². The van der Waals surface area contributed by atoms with Crippen molar-refractivity contribution in [2.75, 3.05) is 5.32 Å². The summed E-state index contributed by atoms with van der Waals surface area (Å²) in [6, 6.07) is 14.5. The van der Waals surface area contributed by atoms with Gasteiger partial charge in [0.05, 0.1) is 11.0 Å². The predicted octanol–water partition coefficient (Wildman–Crippen LogP) is 9.27. The zero-order valence-electron chi connectivity index (χ0n) is 22.6. The third-order valence-corrected chi connectivity index (χ3v) is 8.12. The summed E-state index contributed by atoms with van der Waals surface area (Å²) < 4.78 is 3.79. The zero-order valence-corrected chi connectivity index (χ0v) is 27.9. The van der Waals surface area contributed by atoms with Crippen LogP contribution < -0.4 is 11.1 Å². The number of hydrogen-bond donors (Lipinski definition) is 2. The van der Waals surface area contributed by atoms with E-state index in [2.05, 4.69) is 25.3 Å². The van der Waals surface area contributed by atoms with Crippen molar-refractivity contribution in [3.05, 3.63) is 108 Å². The van der Waals surface area contributed by atoms with E-state index in [-0.39, 0.29) is 10.6 Å². The van der Waals surface area contributed by atoms with E-state index in [0.717, 1.165) is 33.2 Å². The number of fused-ring (bicyclic) bond motifs is 2. The van der Waals surface area contributed by atoms with Crippen molar-refractivity contribution in [3.8, 4) is 0 Å². The molecule has 43 heavy (non-hydrogen) atoms. The normalized spacial score (nSPS) is 10.7. The number of aryl methyl sites for hydroxylation is 2. The number of nitrogens with one attached hydrogen (secondary N) is 1. The van der Waals surface area contributed by atoms with E-state index in [9.17, 15) is 0 Å². The Bertz CT molecular complexity index is 1850. The Balaban J connectivity index is 0.000000163. The average Bonchev–Trinajstić information content (AvgIpc) is 3.51. The van der Waals surface area contributed by atoms with E-state index < -0.39 is 0 Å². The molecule has 0 bridgehead atoms. The van der Waals surface area contributed by atoms with Gasteiger partial charge in [-0.05, 0) is 59.6 Å². The second kappa shape index (κ2) is 15.0. The Kier molecular flexibility index (Phi) is 11.6. The smallest absolute Gasteiger partial charge is 0.225 e. The van der Waals surface area contributed by atoms with Crippen LogP contribution in [0.1, 0.15) is 11.1 Å². The van der Waals surface area contributed by atoms with E-state index in [1.807, 2.05) is 53.8 Å². The molecule has 0 spiro atoms. The quantitative estimate of drug-likeness (QED) is 0.139. The highest BCUT2D eigenvalue weighted by Crippen LogP contribution is 2.28. The largest absolute Gasteiger partial charge is 0.364 e. The maximum Gasteiger partial charge on any atom is 0.225 e. The van der Waals surface area contributed by atoms with E-state index >= 15 is 0 Å². The van der Waals surface area contributed by atoms with Crippen molar-refractivity contribution in [2.45, 2.75) is 13.1 Å². The molecule has 0 radical (unpaired) electrons. The molecule has 0 saturated carbocycles. The minimum absolute atomic E-state index is 0.179. The first-order valence-electron chi connectivity index (χ1n) is 12.4. The SMILES string of the molecule is Cn1ccc2nc(Cl)nc(Cl)c21.Cn1ccc2nc(Cl)nc(NCc3c(Cl)cccc3Cl)c21.NCc1c(Cl)cccc1Cl. The molecule has 0 aliphatic carbocycles. The van der Waals surface area contributed by atoms with Crippen LogP contribution in [0.15, 0.2) is 60.9 Å². The molecule has 6 aromatic rings. The highest BCUT2D eigenvalue weighted by Gasteiger charge is 2.12. The summed E-state index contributed by atoms with van der Waals surface area (Å²) in [5, 5.41) is 6.48. The molecule has 3 N–H and O–H groups in total. The first kappa shape index (κ1) is 33.4. The molecule has 2 aromatic carbocycles. The Labute approximate surface area is 282 Å². The molecule has 0 unspecified atom stereocenters. The number of anilines is 1. The van der Waals surface area contributed by atoms with E-state index in [1.165, 1.54) is 0 Å². The van der Waals surface area contributed by atoms with Gasteiger partial charge in [-0.15, -0.1) is 0 Å². The lowest BCUT2D eigenvalue weighted by Gasteiger charge is -2.11. The maximum atomic E-state index is 6.17. The number of rotatable bonds is 4. The number of nitrogens with two attached hydrogens (primary N) is 1. The van der Waals surface area contributed by atoms with Crippen molar-refractivity contribution in [1.29, 1.82) is 0 Å². The van der Waals surface area contributed by atoms with Crippen LogP contribution in [0.4, 0.5) is 5.82 Å². The molecular weight excluding hydrogens is 697 g/mol. The van der Waals surface area contributed by atoms with Crippen molar-refractivity contribution in [1.82, 2.24) is 29.1 Å². The number of halogens is 7. The highest BCUT2D eigenvalue weighted by molar-refractivity contribution is 6.37. The van der Waals surface area contributed by atoms with Crippen LogP contribution in [0.3, 0.4) is 0 Å². The minimum Gasteiger partial charge on any atom is -0.364 e. The Hall–Kier alpha value is -2.53. The fourth-order valence-corrected chi connectivity index (χ4v) is 5.79. The van der Waals surface area contributed by atoms with Gasteiger partial charge in [0, 0.05) is 70.8 Å². The molecular formula is C28H23Cl7N8. The Morgan fingerprint density at radius 2 is 1.09 bits per heavy atom. The summed E-state index contributed by atoms with van der Waals surface area (Å²) >= 11 is 41.3. The van der Waals surface area contributed by atoms with Crippen LogP contribution in [-0.2, 0) is 27.2 Å². The van der Waals surface area contributed by atoms with Crippen LogP contribution in [0, 0.1) is 0 Å². The minimum atomic E-state index is 0.179. The summed E-state index contributed by atoms with van der Waals surface area (Å²) in [6.45, 7) is 0.838. The van der Waals surface area contributed by atoms with Crippen LogP contribution >= 0.6 is 81.2 Å². The Morgan fingerprint density at radius 1 is 0.628 bits per heavy atom. The maximum absolute atomic E-state index is 6.17. The number of aromatic nitrogens is 6. The van der Waals surface area contributed by atoms with Gasteiger partial charge in [0.15, 0.2) is 11.0 Å². The molecule has 0 amide bonds. The number of hydrogen-bond acceptors (Lipinski definition) is 6. The summed E-state index contributed by atoms with van der Waals surface area (Å²) in [4.78, 5) is 16.3. The second-order valence-corrected chi connectivity index (χ2v) is 11.6. The van der Waals surface area contributed by atoms with Crippen molar-refractivity contribution < 1.29 is 0 Å². The lowest BCUT2D eigenvalue weighted by molar-refractivity contribution is 0.959. The van der Waals surface area contributed by atoms with Gasteiger partial charge in [0.2, 0.25) is 10.6 Å². The van der Waals surface area contributed by atoms with Crippen LogP contribution in [0.5, 0.6) is 0 Å². The predicted molar refractivity (Wildman–Crippen MR) is 180 cm³/mol. The lowest BCUT2D eigenvalue weighted by Crippen LogP contribution is -2.05. The number of benzene rings is 2. The zero-order chi connectivity index (χ0) is 31.3. The summed E-state index contributed by atoms with van der Waals surface area (Å²) in [6.07, 6.45) is 3.77. The molecule has 0 fully saturated rings. The monoisotopic (exact) mass is 716 g/mol. The summed E-state index contributed by atoms with van der Waals surface area (Å²) in [5.74, 6) is 0.647. The van der Waals surface area contributed by atoms with E-state index in [4.69, 9.17) is 86.9 Å².